The van der Waals surface area contributed by atoms with E-state index in [1.165, 1.54) is 38.5 Å². The standard InChI is InChI=1S/C25H48O3/c1-7-17(5)22-21(16(3)4)23-19(8-2)14-15-20(24(23)26)13-11-9-10-12-18(6)25(22)28-27/h16-27H,7-15H2,1-6H3. The molecule has 2 bridgehead atoms. The Morgan fingerprint density at radius 2 is 1.61 bits per heavy atom. The summed E-state index contributed by atoms with van der Waals surface area (Å²) in [6, 6.07) is 0. The lowest BCUT2D eigenvalue weighted by molar-refractivity contribution is -0.313. The van der Waals surface area contributed by atoms with Crippen molar-refractivity contribution in [3.63, 3.8) is 0 Å². The number of aliphatic hydroxyl groups excluding tert-OH is 1. The Balaban J connectivity index is 2.52. The Hall–Kier alpha value is -0.120. The molecule has 0 aliphatic heterocycles. The van der Waals surface area contributed by atoms with Crippen molar-refractivity contribution in [1.82, 2.24) is 0 Å². The highest BCUT2D eigenvalue weighted by Crippen LogP contribution is 2.50. The molecule has 2 rings (SSSR count). The lowest BCUT2D eigenvalue weighted by atomic mass is 9.56. The van der Waals surface area contributed by atoms with Gasteiger partial charge in [0, 0.05) is 0 Å². The van der Waals surface area contributed by atoms with Crippen molar-refractivity contribution in [3.8, 4) is 0 Å². The van der Waals surface area contributed by atoms with Gasteiger partial charge in [0.2, 0.25) is 0 Å². The van der Waals surface area contributed by atoms with E-state index in [0.29, 0.717) is 41.4 Å². The molecule has 0 aromatic rings. The van der Waals surface area contributed by atoms with E-state index in [1.807, 2.05) is 0 Å². The van der Waals surface area contributed by atoms with E-state index < -0.39 is 0 Å². The van der Waals surface area contributed by atoms with Crippen molar-refractivity contribution >= 4 is 0 Å². The van der Waals surface area contributed by atoms with E-state index in [-0.39, 0.29) is 18.1 Å². The lowest BCUT2D eigenvalue weighted by Crippen LogP contribution is -2.51. The van der Waals surface area contributed by atoms with E-state index in [4.69, 9.17) is 4.89 Å². The summed E-state index contributed by atoms with van der Waals surface area (Å²) in [5.41, 5.74) is 0. The average Bonchev–Trinajstić information content (AvgIpc) is 2.67. The summed E-state index contributed by atoms with van der Waals surface area (Å²) in [5.74, 6) is 3.33. The van der Waals surface area contributed by atoms with Gasteiger partial charge in [0.25, 0.3) is 0 Å². The zero-order chi connectivity index (χ0) is 20.8. The van der Waals surface area contributed by atoms with Gasteiger partial charge in [-0.25, -0.2) is 4.89 Å². The summed E-state index contributed by atoms with van der Waals surface area (Å²) >= 11 is 0. The molecule has 0 aromatic heterocycles. The first-order chi connectivity index (χ1) is 13.4. The van der Waals surface area contributed by atoms with Gasteiger partial charge in [0.05, 0.1) is 12.2 Å². The van der Waals surface area contributed by atoms with Gasteiger partial charge >= 0.3 is 0 Å². The van der Waals surface area contributed by atoms with Gasteiger partial charge < -0.3 is 5.11 Å². The highest BCUT2D eigenvalue weighted by molar-refractivity contribution is 4.97. The normalized spacial score (nSPS) is 41.9. The summed E-state index contributed by atoms with van der Waals surface area (Å²) in [6.45, 7) is 13.8. The molecule has 2 aliphatic rings. The first kappa shape index (κ1) is 24.2. The van der Waals surface area contributed by atoms with Gasteiger partial charge in [-0.2, -0.15) is 0 Å². The molecular weight excluding hydrogens is 348 g/mol. The number of rotatable bonds is 5. The minimum atomic E-state index is -0.202. The Kier molecular flexibility index (Phi) is 9.76. The Labute approximate surface area is 174 Å². The maximum Gasteiger partial charge on any atom is 0.0986 e. The van der Waals surface area contributed by atoms with Crippen molar-refractivity contribution in [3.05, 3.63) is 0 Å². The van der Waals surface area contributed by atoms with Crippen LogP contribution in [0, 0.1) is 47.3 Å². The van der Waals surface area contributed by atoms with Crippen LogP contribution in [0.3, 0.4) is 0 Å². The third kappa shape index (κ3) is 5.32. The molecule has 0 aromatic carbocycles. The van der Waals surface area contributed by atoms with Gasteiger partial charge in [0.15, 0.2) is 0 Å². The van der Waals surface area contributed by atoms with E-state index in [0.717, 1.165) is 19.3 Å². The maximum atomic E-state index is 11.6. The Morgan fingerprint density at radius 3 is 2.18 bits per heavy atom. The monoisotopic (exact) mass is 396 g/mol. The van der Waals surface area contributed by atoms with E-state index in [2.05, 4.69) is 41.5 Å². The Morgan fingerprint density at radius 1 is 0.929 bits per heavy atom. The zero-order valence-corrected chi connectivity index (χ0v) is 19.4. The molecule has 2 aliphatic carbocycles. The summed E-state index contributed by atoms with van der Waals surface area (Å²) < 4.78 is 0. The second-order valence-corrected chi connectivity index (χ2v) is 10.5. The van der Waals surface area contributed by atoms with Gasteiger partial charge in [-0.3, -0.25) is 5.26 Å². The van der Waals surface area contributed by atoms with Crippen LogP contribution in [0.1, 0.15) is 99.3 Å². The summed E-state index contributed by atoms with van der Waals surface area (Å²) in [7, 11) is 0. The minimum Gasteiger partial charge on any atom is -0.393 e. The molecule has 2 saturated carbocycles. The third-order valence-electron chi connectivity index (χ3n) is 8.61. The fraction of sp³-hybridized carbons (Fsp3) is 1.00. The Bertz CT molecular complexity index is 438. The third-order valence-corrected chi connectivity index (χ3v) is 8.61. The van der Waals surface area contributed by atoms with Crippen LogP contribution in [0.15, 0.2) is 0 Å². The molecular formula is C25H48O3. The van der Waals surface area contributed by atoms with Crippen LogP contribution in [0.4, 0.5) is 0 Å². The minimum absolute atomic E-state index is 0.133. The molecule has 3 heteroatoms. The molecule has 166 valence electrons. The van der Waals surface area contributed by atoms with Crippen molar-refractivity contribution in [2.24, 2.45) is 47.3 Å². The molecule has 0 heterocycles. The first-order valence-corrected chi connectivity index (χ1v) is 12.3. The molecule has 9 unspecified atom stereocenters. The molecule has 2 N–H and O–H groups in total. The molecule has 0 radical (unpaired) electrons. The number of hydrogen-bond acceptors (Lipinski definition) is 3. The molecule has 3 nitrogen and oxygen atoms in total. The van der Waals surface area contributed by atoms with Crippen molar-refractivity contribution in [2.75, 3.05) is 0 Å². The van der Waals surface area contributed by atoms with Gasteiger partial charge in [-0.15, -0.1) is 0 Å². The lowest BCUT2D eigenvalue weighted by Gasteiger charge is -2.51. The molecule has 0 saturated heterocycles. The predicted octanol–water partition coefficient (Wildman–Crippen LogP) is 6.79. The molecule has 28 heavy (non-hydrogen) atoms. The second kappa shape index (κ2) is 11.3. The molecule has 0 spiro atoms. The van der Waals surface area contributed by atoms with Crippen molar-refractivity contribution in [1.29, 1.82) is 0 Å². The van der Waals surface area contributed by atoms with Crippen LogP contribution >= 0.6 is 0 Å². The predicted molar refractivity (Wildman–Crippen MR) is 117 cm³/mol. The van der Waals surface area contributed by atoms with Gasteiger partial charge in [-0.05, 0) is 73.0 Å². The second-order valence-electron chi connectivity index (χ2n) is 10.5. The van der Waals surface area contributed by atoms with Crippen LogP contribution in [0.25, 0.3) is 0 Å². The smallest absolute Gasteiger partial charge is 0.0986 e. The first-order valence-electron chi connectivity index (χ1n) is 12.3. The van der Waals surface area contributed by atoms with Crippen molar-refractivity contribution in [2.45, 2.75) is 112 Å². The number of fused-ring (bicyclic) bond motifs is 2. The summed E-state index contributed by atoms with van der Waals surface area (Å²) in [4.78, 5) is 5.28. The fourth-order valence-corrected chi connectivity index (χ4v) is 6.83. The topological polar surface area (TPSA) is 49.7 Å². The highest BCUT2D eigenvalue weighted by atomic mass is 17.1. The quantitative estimate of drug-likeness (QED) is 0.397. The maximum absolute atomic E-state index is 11.6. The van der Waals surface area contributed by atoms with E-state index >= 15 is 0 Å². The van der Waals surface area contributed by atoms with Crippen LogP contribution < -0.4 is 0 Å². The molecule has 9 atom stereocenters. The SMILES string of the molecule is CCC(C)C1C(OO)C(C)CCCCCC2CCC(CC)C(C2O)C1C(C)C. The molecule has 0 amide bonds. The van der Waals surface area contributed by atoms with Crippen LogP contribution in [0.5, 0.6) is 0 Å². The summed E-state index contributed by atoms with van der Waals surface area (Å²) in [6.07, 6.45) is 10.3. The van der Waals surface area contributed by atoms with Crippen LogP contribution in [-0.4, -0.2) is 22.6 Å². The zero-order valence-electron chi connectivity index (χ0n) is 19.4. The highest BCUT2D eigenvalue weighted by Gasteiger charge is 2.49. The largest absolute Gasteiger partial charge is 0.393 e. The average molecular weight is 397 g/mol. The molecule has 2 fully saturated rings. The summed E-state index contributed by atoms with van der Waals surface area (Å²) in [5, 5.41) is 21.6. The number of hydrogen-bond donors (Lipinski definition) is 2. The van der Waals surface area contributed by atoms with Gasteiger partial charge in [0.1, 0.15) is 0 Å². The van der Waals surface area contributed by atoms with Crippen LogP contribution in [0.2, 0.25) is 0 Å². The van der Waals surface area contributed by atoms with Gasteiger partial charge in [-0.1, -0.05) is 73.6 Å². The van der Waals surface area contributed by atoms with E-state index in [9.17, 15) is 10.4 Å². The van der Waals surface area contributed by atoms with E-state index in [1.54, 1.807) is 0 Å². The van der Waals surface area contributed by atoms with Crippen LogP contribution in [-0.2, 0) is 4.89 Å². The number of aliphatic hydroxyl groups is 1. The van der Waals surface area contributed by atoms with Crippen molar-refractivity contribution < 1.29 is 15.3 Å². The fourth-order valence-electron chi connectivity index (χ4n) is 6.83.